The fourth-order valence-electron chi connectivity index (χ4n) is 2.80. The average molecular weight is 337 g/mol. The average Bonchev–Trinajstić information content (AvgIpc) is 2.57. The lowest BCUT2D eigenvalue weighted by atomic mass is 10.1. The van der Waals surface area contributed by atoms with Gasteiger partial charge < -0.3 is 5.11 Å². The van der Waals surface area contributed by atoms with Crippen molar-refractivity contribution in [1.29, 1.82) is 0 Å². The summed E-state index contributed by atoms with van der Waals surface area (Å²) < 4.78 is 0. The summed E-state index contributed by atoms with van der Waals surface area (Å²) in [5.74, 6) is -0.792. The molecule has 0 aliphatic heterocycles. The second-order valence-electron chi connectivity index (χ2n) is 6.92. The summed E-state index contributed by atoms with van der Waals surface area (Å²) >= 11 is 0. The fourth-order valence-corrected chi connectivity index (χ4v) is 2.80. The molecular formula is C22H40O2. The summed E-state index contributed by atoms with van der Waals surface area (Å²) in [5.41, 5.74) is 0.475. The molecule has 1 N–H and O–H groups in total. The van der Waals surface area contributed by atoms with Crippen LogP contribution in [0.4, 0.5) is 0 Å². The van der Waals surface area contributed by atoms with Crippen LogP contribution >= 0.6 is 0 Å². The number of carboxylic acids is 1. The van der Waals surface area contributed by atoms with Gasteiger partial charge in [-0.3, -0.25) is 0 Å². The van der Waals surface area contributed by atoms with Gasteiger partial charge in [0.25, 0.3) is 0 Å². The van der Waals surface area contributed by atoms with Crippen LogP contribution in [-0.4, -0.2) is 11.1 Å². The lowest BCUT2D eigenvalue weighted by Gasteiger charge is -2.00. The van der Waals surface area contributed by atoms with Gasteiger partial charge in [0.05, 0.1) is 0 Å². The Bertz CT molecular complexity index is 342. The summed E-state index contributed by atoms with van der Waals surface area (Å²) in [7, 11) is 0. The molecule has 0 radical (unpaired) electrons. The molecule has 0 heterocycles. The van der Waals surface area contributed by atoms with Crippen LogP contribution in [0.25, 0.3) is 0 Å². The third-order valence-electron chi connectivity index (χ3n) is 4.50. The molecule has 0 amide bonds. The first-order chi connectivity index (χ1) is 11.7. The van der Waals surface area contributed by atoms with Gasteiger partial charge in [0.2, 0.25) is 0 Å². The quantitative estimate of drug-likeness (QED) is 0.170. The van der Waals surface area contributed by atoms with Crippen molar-refractivity contribution in [2.45, 2.75) is 110 Å². The first-order valence-electron chi connectivity index (χ1n) is 10.2. The molecule has 140 valence electrons. The topological polar surface area (TPSA) is 37.3 Å². The van der Waals surface area contributed by atoms with Crippen molar-refractivity contribution < 1.29 is 9.90 Å². The van der Waals surface area contributed by atoms with Crippen LogP contribution in [0.1, 0.15) is 110 Å². The van der Waals surface area contributed by atoms with Crippen LogP contribution in [0.3, 0.4) is 0 Å². The van der Waals surface area contributed by atoms with E-state index in [0.717, 1.165) is 12.8 Å². The van der Waals surface area contributed by atoms with Gasteiger partial charge in [-0.05, 0) is 45.4 Å². The van der Waals surface area contributed by atoms with Crippen LogP contribution in [0.15, 0.2) is 23.8 Å². The molecule has 2 nitrogen and oxygen atoms in total. The Labute approximate surface area is 150 Å². The zero-order valence-electron chi connectivity index (χ0n) is 16.2. The van der Waals surface area contributed by atoms with Crippen LogP contribution < -0.4 is 0 Å². The Morgan fingerprint density at radius 3 is 1.58 bits per heavy atom. The summed E-state index contributed by atoms with van der Waals surface area (Å²) in [4.78, 5) is 10.6. The monoisotopic (exact) mass is 336 g/mol. The van der Waals surface area contributed by atoms with Gasteiger partial charge in [-0.25, -0.2) is 4.79 Å². The highest BCUT2D eigenvalue weighted by Crippen LogP contribution is 2.11. The van der Waals surface area contributed by atoms with Crippen molar-refractivity contribution in [2.24, 2.45) is 0 Å². The maximum atomic E-state index is 10.6. The van der Waals surface area contributed by atoms with E-state index in [4.69, 9.17) is 5.11 Å². The maximum Gasteiger partial charge on any atom is 0.330 e. The number of unbranched alkanes of at least 4 members (excludes halogenated alkanes) is 13. The number of rotatable bonds is 17. The van der Waals surface area contributed by atoms with Crippen molar-refractivity contribution in [3.63, 3.8) is 0 Å². The number of hydrogen-bond acceptors (Lipinski definition) is 1. The van der Waals surface area contributed by atoms with Crippen molar-refractivity contribution in [1.82, 2.24) is 0 Å². The zero-order chi connectivity index (χ0) is 17.9. The van der Waals surface area contributed by atoms with Crippen molar-refractivity contribution >= 4 is 5.97 Å². The minimum absolute atomic E-state index is 0.475. The highest BCUT2D eigenvalue weighted by Gasteiger charge is 1.97. The van der Waals surface area contributed by atoms with Crippen LogP contribution in [0.2, 0.25) is 0 Å². The van der Waals surface area contributed by atoms with E-state index in [9.17, 15) is 4.79 Å². The maximum absolute atomic E-state index is 10.6. The van der Waals surface area contributed by atoms with Crippen molar-refractivity contribution in [2.75, 3.05) is 0 Å². The minimum atomic E-state index is -0.792. The number of aliphatic carboxylic acids is 1. The molecule has 0 aromatic carbocycles. The molecule has 0 fully saturated rings. The van der Waals surface area contributed by atoms with E-state index in [2.05, 4.69) is 19.1 Å². The van der Waals surface area contributed by atoms with Crippen molar-refractivity contribution in [3.8, 4) is 0 Å². The van der Waals surface area contributed by atoms with E-state index in [1.807, 2.05) is 6.08 Å². The SMILES string of the molecule is CCCCCCCC/C=C\CCCCCCCCC=C(C)C(=O)O. The second-order valence-corrected chi connectivity index (χ2v) is 6.92. The molecule has 0 bridgehead atoms. The first kappa shape index (κ1) is 22.9. The summed E-state index contributed by atoms with van der Waals surface area (Å²) in [6, 6.07) is 0. The Kier molecular flexibility index (Phi) is 17.5. The molecule has 0 aromatic rings. The molecule has 0 spiro atoms. The number of carbonyl (C=O) groups is 1. The molecule has 0 saturated carbocycles. The van der Waals surface area contributed by atoms with E-state index in [1.165, 1.54) is 83.5 Å². The van der Waals surface area contributed by atoms with Gasteiger partial charge in [-0.15, -0.1) is 0 Å². The number of allylic oxidation sites excluding steroid dienone is 3. The number of carboxylic acid groups (broad SMARTS) is 1. The minimum Gasteiger partial charge on any atom is -0.478 e. The summed E-state index contributed by atoms with van der Waals surface area (Å²) in [6.07, 6.45) is 25.8. The predicted octanol–water partition coefficient (Wildman–Crippen LogP) is 7.44. The molecular weight excluding hydrogens is 296 g/mol. The number of hydrogen-bond donors (Lipinski definition) is 1. The lowest BCUT2D eigenvalue weighted by Crippen LogP contribution is -1.95. The third-order valence-corrected chi connectivity index (χ3v) is 4.50. The molecule has 2 heteroatoms. The van der Waals surface area contributed by atoms with Gasteiger partial charge in [0, 0.05) is 5.57 Å². The Morgan fingerprint density at radius 2 is 1.12 bits per heavy atom. The first-order valence-corrected chi connectivity index (χ1v) is 10.2. The Hall–Kier alpha value is -1.05. The highest BCUT2D eigenvalue weighted by molar-refractivity contribution is 5.85. The van der Waals surface area contributed by atoms with Crippen LogP contribution in [-0.2, 0) is 4.79 Å². The Balaban J connectivity index is 3.21. The standard InChI is InChI=1S/C22H40O2/c1-3-4-5-6-7-8-9-10-11-12-13-14-15-16-17-18-19-20-21(2)22(23)24/h10-11,20H,3-9,12-19H2,1-2H3,(H,23,24)/b11-10-,21-20?. The molecule has 0 unspecified atom stereocenters. The van der Waals surface area contributed by atoms with Gasteiger partial charge in [0.1, 0.15) is 0 Å². The van der Waals surface area contributed by atoms with Gasteiger partial charge in [-0.2, -0.15) is 0 Å². The fraction of sp³-hybridized carbons (Fsp3) is 0.773. The van der Waals surface area contributed by atoms with E-state index < -0.39 is 5.97 Å². The second kappa shape index (κ2) is 18.3. The zero-order valence-corrected chi connectivity index (χ0v) is 16.2. The van der Waals surface area contributed by atoms with E-state index in [1.54, 1.807) is 6.92 Å². The molecule has 0 rings (SSSR count). The molecule has 0 aromatic heterocycles. The predicted molar refractivity (Wildman–Crippen MR) is 105 cm³/mol. The lowest BCUT2D eigenvalue weighted by molar-refractivity contribution is -0.132. The summed E-state index contributed by atoms with van der Waals surface area (Å²) in [5, 5.41) is 8.74. The third kappa shape index (κ3) is 17.3. The highest BCUT2D eigenvalue weighted by atomic mass is 16.4. The molecule has 0 atom stereocenters. The molecule has 0 aliphatic carbocycles. The van der Waals surface area contributed by atoms with Crippen LogP contribution in [0, 0.1) is 0 Å². The van der Waals surface area contributed by atoms with Crippen molar-refractivity contribution in [3.05, 3.63) is 23.8 Å². The van der Waals surface area contributed by atoms with Gasteiger partial charge in [0.15, 0.2) is 0 Å². The van der Waals surface area contributed by atoms with Gasteiger partial charge >= 0.3 is 5.97 Å². The smallest absolute Gasteiger partial charge is 0.330 e. The summed E-state index contributed by atoms with van der Waals surface area (Å²) in [6.45, 7) is 3.94. The van der Waals surface area contributed by atoms with E-state index >= 15 is 0 Å². The molecule has 0 aliphatic rings. The van der Waals surface area contributed by atoms with E-state index in [0.29, 0.717) is 5.57 Å². The van der Waals surface area contributed by atoms with Crippen LogP contribution in [0.5, 0.6) is 0 Å². The Morgan fingerprint density at radius 1 is 0.708 bits per heavy atom. The van der Waals surface area contributed by atoms with Gasteiger partial charge in [-0.1, -0.05) is 82.9 Å². The normalized spacial score (nSPS) is 12.2. The molecule has 24 heavy (non-hydrogen) atoms. The molecule has 0 saturated heterocycles. The largest absolute Gasteiger partial charge is 0.478 e. The van der Waals surface area contributed by atoms with E-state index in [-0.39, 0.29) is 0 Å².